The van der Waals surface area contributed by atoms with E-state index in [4.69, 9.17) is 21.6 Å². The van der Waals surface area contributed by atoms with Crippen LogP contribution in [0.1, 0.15) is 22.3 Å². The Labute approximate surface area is 144 Å². The van der Waals surface area contributed by atoms with Crippen LogP contribution in [0.5, 0.6) is 11.6 Å². The second-order valence-electron chi connectivity index (χ2n) is 5.54. The molecule has 0 amide bonds. The van der Waals surface area contributed by atoms with Crippen LogP contribution >= 0.6 is 11.6 Å². The van der Waals surface area contributed by atoms with Gasteiger partial charge in [0.2, 0.25) is 11.2 Å². The molecule has 0 aliphatic carbocycles. The van der Waals surface area contributed by atoms with Crippen LogP contribution in [0, 0.1) is 32.1 Å². The van der Waals surface area contributed by atoms with Gasteiger partial charge >= 0.3 is 0 Å². The van der Waals surface area contributed by atoms with Gasteiger partial charge in [0.1, 0.15) is 11.4 Å². The summed E-state index contributed by atoms with van der Waals surface area (Å²) in [5.41, 5.74) is 4.47. The summed E-state index contributed by atoms with van der Waals surface area (Å²) in [5, 5.41) is 9.60. The molecule has 3 rings (SSSR count). The zero-order valence-corrected chi connectivity index (χ0v) is 14.3. The van der Waals surface area contributed by atoms with Crippen molar-refractivity contribution in [3.05, 3.63) is 51.9 Å². The lowest BCUT2D eigenvalue weighted by Gasteiger charge is -2.13. The number of aromatic nitrogens is 3. The number of nitrogens with zero attached hydrogens (tertiary/aromatic N) is 3. The summed E-state index contributed by atoms with van der Waals surface area (Å²) in [6.45, 7) is 5.87. The Kier molecular flexibility index (Phi) is 4.24. The van der Waals surface area contributed by atoms with Crippen molar-refractivity contribution in [1.82, 2.24) is 15.0 Å². The molecule has 0 bridgehead atoms. The van der Waals surface area contributed by atoms with Gasteiger partial charge in [0.25, 0.3) is 0 Å². The van der Waals surface area contributed by atoms with Gasteiger partial charge in [0, 0.05) is 12.3 Å². The SMILES string of the molecule is Cc1cc(/C=C/C#N)cc(C)c1Oc1nc(Cl)nc2[nH]cc(C)c12. The molecule has 1 N–H and O–H groups in total. The van der Waals surface area contributed by atoms with Gasteiger partial charge in [-0.1, -0.05) is 0 Å². The molecule has 2 heterocycles. The molecular weight excluding hydrogens is 324 g/mol. The van der Waals surface area contributed by atoms with E-state index in [1.54, 1.807) is 6.08 Å². The molecule has 0 aliphatic heterocycles. The van der Waals surface area contributed by atoms with Crippen LogP contribution in [0.25, 0.3) is 17.1 Å². The highest BCUT2D eigenvalue weighted by atomic mass is 35.5. The van der Waals surface area contributed by atoms with E-state index < -0.39 is 0 Å². The van der Waals surface area contributed by atoms with Gasteiger partial charge < -0.3 is 9.72 Å². The summed E-state index contributed by atoms with van der Waals surface area (Å²) >= 11 is 6.00. The van der Waals surface area contributed by atoms with Crippen LogP contribution in [0.15, 0.2) is 24.4 Å². The quantitative estimate of drug-likeness (QED) is 0.546. The molecule has 6 heteroatoms. The molecule has 0 saturated carbocycles. The number of H-pyrrole nitrogens is 1. The van der Waals surface area contributed by atoms with Crippen molar-refractivity contribution in [3.63, 3.8) is 0 Å². The first-order chi connectivity index (χ1) is 11.5. The number of ether oxygens (including phenoxy) is 1. The predicted molar refractivity (Wildman–Crippen MR) is 94.3 cm³/mol. The summed E-state index contributed by atoms with van der Waals surface area (Å²) < 4.78 is 6.09. The first-order valence-electron chi connectivity index (χ1n) is 7.36. The first-order valence-corrected chi connectivity index (χ1v) is 7.74. The molecule has 0 spiro atoms. The van der Waals surface area contributed by atoms with Crippen LogP contribution in [-0.2, 0) is 0 Å². The van der Waals surface area contributed by atoms with E-state index in [0.29, 0.717) is 11.5 Å². The summed E-state index contributed by atoms with van der Waals surface area (Å²) in [6, 6.07) is 5.91. The third-order valence-electron chi connectivity index (χ3n) is 3.70. The molecule has 0 fully saturated rings. The third-order valence-corrected chi connectivity index (χ3v) is 3.87. The Morgan fingerprint density at radius 2 is 1.88 bits per heavy atom. The Hall–Kier alpha value is -2.84. The lowest BCUT2D eigenvalue weighted by molar-refractivity contribution is 0.461. The van der Waals surface area contributed by atoms with E-state index in [9.17, 15) is 0 Å². The maximum absolute atomic E-state index is 8.66. The topological polar surface area (TPSA) is 74.6 Å². The average Bonchev–Trinajstić information content (AvgIpc) is 2.89. The lowest BCUT2D eigenvalue weighted by atomic mass is 10.1. The molecule has 120 valence electrons. The standard InChI is InChI=1S/C18H15ClN4O/c1-10-7-13(5-4-6-20)8-11(2)15(10)24-17-14-12(3)9-21-16(14)22-18(19)23-17/h4-5,7-9H,1-3H3,(H,21,22,23)/b5-4+. The average molecular weight is 339 g/mol. The van der Waals surface area contributed by atoms with E-state index >= 15 is 0 Å². The molecule has 0 radical (unpaired) electrons. The van der Waals surface area contributed by atoms with E-state index in [-0.39, 0.29) is 5.28 Å². The Balaban J connectivity index is 2.08. The molecule has 0 atom stereocenters. The summed E-state index contributed by atoms with van der Waals surface area (Å²) in [7, 11) is 0. The van der Waals surface area contributed by atoms with Crippen molar-refractivity contribution in [2.45, 2.75) is 20.8 Å². The van der Waals surface area contributed by atoms with Gasteiger partial charge in [0.05, 0.1) is 11.5 Å². The van der Waals surface area contributed by atoms with E-state index in [1.807, 2.05) is 45.2 Å². The fraction of sp³-hybridized carbons (Fsp3) is 0.167. The van der Waals surface area contributed by atoms with Gasteiger partial charge in [-0.15, -0.1) is 0 Å². The molecule has 0 saturated heterocycles. The highest BCUT2D eigenvalue weighted by Crippen LogP contribution is 2.34. The van der Waals surface area contributed by atoms with Crippen molar-refractivity contribution in [1.29, 1.82) is 5.26 Å². The number of nitriles is 1. The highest BCUT2D eigenvalue weighted by Gasteiger charge is 2.15. The molecule has 0 unspecified atom stereocenters. The number of hydrogen-bond acceptors (Lipinski definition) is 4. The fourth-order valence-electron chi connectivity index (χ4n) is 2.67. The molecule has 1 aromatic carbocycles. The molecule has 24 heavy (non-hydrogen) atoms. The summed E-state index contributed by atoms with van der Waals surface area (Å²) in [6.07, 6.45) is 5.06. The number of aryl methyl sites for hydroxylation is 3. The summed E-state index contributed by atoms with van der Waals surface area (Å²) in [4.78, 5) is 11.5. The Bertz CT molecular complexity index is 975. The minimum atomic E-state index is 0.128. The molecule has 3 aromatic rings. The molecule has 0 aliphatic rings. The Morgan fingerprint density at radius 1 is 1.17 bits per heavy atom. The van der Waals surface area contributed by atoms with Crippen molar-refractivity contribution >= 4 is 28.7 Å². The molecule has 2 aromatic heterocycles. The third kappa shape index (κ3) is 2.97. The van der Waals surface area contributed by atoms with Crippen molar-refractivity contribution < 1.29 is 4.74 Å². The second-order valence-corrected chi connectivity index (χ2v) is 5.88. The van der Waals surface area contributed by atoms with Crippen molar-refractivity contribution in [2.24, 2.45) is 0 Å². The zero-order chi connectivity index (χ0) is 17.3. The van der Waals surface area contributed by atoms with Crippen LogP contribution in [0.3, 0.4) is 0 Å². The predicted octanol–water partition coefficient (Wildman–Crippen LogP) is 4.87. The smallest absolute Gasteiger partial charge is 0.233 e. The molecular formula is C18H15ClN4O. The van der Waals surface area contributed by atoms with Gasteiger partial charge in [0.15, 0.2) is 0 Å². The zero-order valence-electron chi connectivity index (χ0n) is 13.5. The van der Waals surface area contributed by atoms with Crippen LogP contribution in [0.4, 0.5) is 0 Å². The van der Waals surface area contributed by atoms with Crippen molar-refractivity contribution in [2.75, 3.05) is 0 Å². The second kappa shape index (κ2) is 6.34. The van der Waals surface area contributed by atoms with E-state index in [2.05, 4.69) is 15.0 Å². The number of fused-ring (bicyclic) bond motifs is 1. The number of aromatic amines is 1. The van der Waals surface area contributed by atoms with E-state index in [0.717, 1.165) is 33.4 Å². The van der Waals surface area contributed by atoms with Crippen LogP contribution in [-0.4, -0.2) is 15.0 Å². The van der Waals surface area contributed by atoms with Crippen LogP contribution in [0.2, 0.25) is 5.28 Å². The van der Waals surface area contributed by atoms with Gasteiger partial charge in [-0.05, 0) is 72.8 Å². The number of hydrogen-bond donors (Lipinski definition) is 1. The van der Waals surface area contributed by atoms with Crippen LogP contribution < -0.4 is 4.74 Å². The van der Waals surface area contributed by atoms with Crippen molar-refractivity contribution in [3.8, 4) is 17.7 Å². The van der Waals surface area contributed by atoms with Gasteiger partial charge in [-0.3, -0.25) is 0 Å². The highest BCUT2D eigenvalue weighted by molar-refractivity contribution is 6.28. The van der Waals surface area contributed by atoms with E-state index in [1.165, 1.54) is 6.08 Å². The number of nitrogens with one attached hydrogen (secondary N) is 1. The maximum atomic E-state index is 8.66. The first kappa shape index (κ1) is 16.0. The van der Waals surface area contributed by atoms with Gasteiger partial charge in [-0.25, -0.2) is 0 Å². The Morgan fingerprint density at radius 3 is 2.54 bits per heavy atom. The minimum Gasteiger partial charge on any atom is -0.438 e. The normalized spacial score (nSPS) is 11.1. The fourth-order valence-corrected chi connectivity index (χ4v) is 2.83. The minimum absolute atomic E-state index is 0.128. The number of benzene rings is 1. The largest absolute Gasteiger partial charge is 0.438 e. The number of allylic oxidation sites excluding steroid dienone is 1. The summed E-state index contributed by atoms with van der Waals surface area (Å²) in [5.74, 6) is 1.15. The lowest BCUT2D eigenvalue weighted by Crippen LogP contribution is -1.97. The monoisotopic (exact) mass is 338 g/mol. The van der Waals surface area contributed by atoms with Gasteiger partial charge in [-0.2, -0.15) is 15.2 Å². The number of rotatable bonds is 3. The maximum Gasteiger partial charge on any atom is 0.233 e. The molecule has 5 nitrogen and oxygen atoms in total. The number of halogens is 1.